The minimum Gasteiger partial charge on any atom is -0.468 e. The predicted octanol–water partition coefficient (Wildman–Crippen LogP) is 2.26. The van der Waals surface area contributed by atoms with E-state index < -0.39 is 12.8 Å². The van der Waals surface area contributed by atoms with Crippen molar-refractivity contribution in [2.24, 2.45) is 0 Å². The van der Waals surface area contributed by atoms with Crippen molar-refractivity contribution in [1.29, 1.82) is 0 Å². The first-order valence-electron chi connectivity index (χ1n) is 7.33. The Labute approximate surface area is 132 Å². The van der Waals surface area contributed by atoms with Crippen molar-refractivity contribution >= 4 is 0 Å². The zero-order valence-electron chi connectivity index (χ0n) is 12.9. The lowest BCUT2D eigenvalue weighted by molar-refractivity contribution is -0.154. The molecule has 0 aromatic carbocycles. The molecule has 23 heavy (non-hydrogen) atoms. The standard InChI is InChI=1S/C15H20F3N3O2/c1-12-8-13(9-14(19-12)23-11-15(16,17)18)10-21-5-2-4-20(21)6-3-7-22/h2,4,8-9,22H,3,5-7,10-11H2,1H3. The molecule has 1 aliphatic rings. The Kier molecular flexibility index (Phi) is 5.84. The molecule has 0 atom stereocenters. The maximum atomic E-state index is 12.2. The normalized spacial score (nSPS) is 15.4. The Hall–Kier alpha value is -1.80. The van der Waals surface area contributed by atoms with Crippen molar-refractivity contribution in [3.63, 3.8) is 0 Å². The van der Waals surface area contributed by atoms with Gasteiger partial charge in [-0.1, -0.05) is 6.08 Å². The van der Waals surface area contributed by atoms with E-state index in [0.717, 1.165) is 5.56 Å². The number of hydrazine groups is 1. The zero-order valence-corrected chi connectivity index (χ0v) is 12.9. The van der Waals surface area contributed by atoms with Crippen LogP contribution in [0.1, 0.15) is 17.7 Å². The van der Waals surface area contributed by atoms with Crippen molar-refractivity contribution < 1.29 is 23.0 Å². The number of aryl methyl sites for hydroxylation is 1. The molecule has 0 bridgehead atoms. The monoisotopic (exact) mass is 331 g/mol. The van der Waals surface area contributed by atoms with Gasteiger partial charge >= 0.3 is 6.18 Å². The predicted molar refractivity (Wildman–Crippen MR) is 78.5 cm³/mol. The minimum absolute atomic E-state index is 0.0219. The van der Waals surface area contributed by atoms with E-state index in [1.807, 2.05) is 28.4 Å². The molecule has 0 spiro atoms. The van der Waals surface area contributed by atoms with Crippen LogP contribution in [0.4, 0.5) is 13.2 Å². The number of hydrogen-bond acceptors (Lipinski definition) is 5. The molecule has 0 saturated carbocycles. The van der Waals surface area contributed by atoms with E-state index in [9.17, 15) is 13.2 Å². The van der Waals surface area contributed by atoms with Gasteiger partial charge in [0.1, 0.15) is 0 Å². The van der Waals surface area contributed by atoms with Crippen LogP contribution in [0.3, 0.4) is 0 Å². The molecule has 2 heterocycles. The molecule has 0 amide bonds. The highest BCUT2D eigenvalue weighted by Gasteiger charge is 2.28. The smallest absolute Gasteiger partial charge is 0.422 e. The first-order valence-corrected chi connectivity index (χ1v) is 7.33. The average molecular weight is 331 g/mol. The van der Waals surface area contributed by atoms with E-state index in [1.165, 1.54) is 6.07 Å². The summed E-state index contributed by atoms with van der Waals surface area (Å²) in [6.45, 7) is 2.42. The highest BCUT2D eigenvalue weighted by molar-refractivity contribution is 5.25. The second-order valence-corrected chi connectivity index (χ2v) is 5.33. The van der Waals surface area contributed by atoms with Gasteiger partial charge in [0.05, 0.1) is 0 Å². The highest BCUT2D eigenvalue weighted by Crippen LogP contribution is 2.20. The minimum atomic E-state index is -4.38. The van der Waals surface area contributed by atoms with E-state index in [0.29, 0.717) is 31.7 Å². The van der Waals surface area contributed by atoms with E-state index >= 15 is 0 Å². The number of aliphatic hydroxyl groups excluding tert-OH is 1. The number of hydrogen-bond donors (Lipinski definition) is 1. The van der Waals surface area contributed by atoms with Gasteiger partial charge in [-0.15, -0.1) is 0 Å². The highest BCUT2D eigenvalue weighted by atomic mass is 19.4. The van der Waals surface area contributed by atoms with Gasteiger partial charge in [-0.25, -0.2) is 9.99 Å². The maximum absolute atomic E-state index is 12.2. The van der Waals surface area contributed by atoms with E-state index in [4.69, 9.17) is 9.84 Å². The summed E-state index contributed by atoms with van der Waals surface area (Å²) in [5.74, 6) is -0.0219. The molecule has 2 rings (SSSR count). The summed E-state index contributed by atoms with van der Waals surface area (Å²) in [5, 5.41) is 12.9. The molecular weight excluding hydrogens is 311 g/mol. The fourth-order valence-electron chi connectivity index (χ4n) is 2.33. The molecular formula is C15H20F3N3O2. The van der Waals surface area contributed by atoms with Gasteiger partial charge in [0.15, 0.2) is 6.61 Å². The number of halogens is 3. The lowest BCUT2D eigenvalue weighted by atomic mass is 10.2. The fraction of sp³-hybridized carbons (Fsp3) is 0.533. The number of ether oxygens (including phenoxy) is 1. The van der Waals surface area contributed by atoms with Gasteiger partial charge in [-0.05, 0) is 25.0 Å². The third kappa shape index (κ3) is 5.72. The topological polar surface area (TPSA) is 48.8 Å². The van der Waals surface area contributed by atoms with Crippen molar-refractivity contribution in [1.82, 2.24) is 15.0 Å². The van der Waals surface area contributed by atoms with Crippen LogP contribution in [0.5, 0.6) is 5.88 Å². The largest absolute Gasteiger partial charge is 0.468 e. The van der Waals surface area contributed by atoms with E-state index in [2.05, 4.69) is 4.98 Å². The molecule has 1 aromatic rings. The lowest BCUT2D eigenvalue weighted by Gasteiger charge is -2.29. The molecule has 5 nitrogen and oxygen atoms in total. The Morgan fingerprint density at radius 1 is 1.35 bits per heavy atom. The van der Waals surface area contributed by atoms with Crippen LogP contribution in [0, 0.1) is 6.92 Å². The number of aromatic nitrogens is 1. The zero-order chi connectivity index (χ0) is 16.9. The first kappa shape index (κ1) is 17.6. The number of rotatable bonds is 7. The molecule has 0 saturated heterocycles. The van der Waals surface area contributed by atoms with E-state index in [1.54, 1.807) is 6.92 Å². The van der Waals surface area contributed by atoms with Crippen LogP contribution in [0.2, 0.25) is 0 Å². The molecule has 1 N–H and O–H groups in total. The van der Waals surface area contributed by atoms with Crippen LogP contribution >= 0.6 is 0 Å². The van der Waals surface area contributed by atoms with Crippen molar-refractivity contribution in [2.45, 2.75) is 26.1 Å². The van der Waals surface area contributed by atoms with Crippen molar-refractivity contribution in [3.8, 4) is 5.88 Å². The van der Waals surface area contributed by atoms with Crippen LogP contribution < -0.4 is 4.74 Å². The van der Waals surface area contributed by atoms with Crippen molar-refractivity contribution in [2.75, 3.05) is 26.3 Å². The van der Waals surface area contributed by atoms with E-state index in [-0.39, 0.29) is 12.5 Å². The quantitative estimate of drug-likeness (QED) is 0.830. The Bertz CT molecular complexity index is 549. The molecule has 8 heteroatoms. The van der Waals surface area contributed by atoms with Gasteiger partial charge in [-0.2, -0.15) is 13.2 Å². The summed E-state index contributed by atoms with van der Waals surface area (Å²) < 4.78 is 41.5. The van der Waals surface area contributed by atoms with Crippen LogP contribution in [0.25, 0.3) is 0 Å². The number of aliphatic hydroxyl groups is 1. The third-order valence-corrected chi connectivity index (χ3v) is 3.24. The summed E-state index contributed by atoms with van der Waals surface area (Å²) in [7, 11) is 0. The lowest BCUT2D eigenvalue weighted by Crippen LogP contribution is -2.35. The van der Waals surface area contributed by atoms with Crippen LogP contribution in [0.15, 0.2) is 24.4 Å². The number of pyridine rings is 1. The van der Waals surface area contributed by atoms with Gasteiger partial charge in [0.2, 0.25) is 5.88 Å². The summed E-state index contributed by atoms with van der Waals surface area (Å²) in [6.07, 6.45) is 0.193. The first-order chi connectivity index (χ1) is 10.9. The molecule has 0 aliphatic carbocycles. The maximum Gasteiger partial charge on any atom is 0.422 e. The van der Waals surface area contributed by atoms with Gasteiger partial charge in [-0.3, -0.25) is 0 Å². The second-order valence-electron chi connectivity index (χ2n) is 5.33. The number of alkyl halides is 3. The molecule has 0 unspecified atom stereocenters. The Balaban J connectivity index is 2.00. The Morgan fingerprint density at radius 2 is 2.13 bits per heavy atom. The van der Waals surface area contributed by atoms with Crippen LogP contribution in [-0.2, 0) is 6.54 Å². The fourth-order valence-corrected chi connectivity index (χ4v) is 2.33. The summed E-state index contributed by atoms with van der Waals surface area (Å²) >= 11 is 0. The third-order valence-electron chi connectivity index (χ3n) is 3.24. The van der Waals surface area contributed by atoms with Gasteiger partial charge in [0.25, 0.3) is 0 Å². The van der Waals surface area contributed by atoms with Gasteiger partial charge < -0.3 is 14.9 Å². The second kappa shape index (κ2) is 7.65. The summed E-state index contributed by atoms with van der Waals surface area (Å²) in [6, 6.07) is 3.35. The molecule has 128 valence electrons. The van der Waals surface area contributed by atoms with Crippen molar-refractivity contribution in [3.05, 3.63) is 35.7 Å². The van der Waals surface area contributed by atoms with Crippen LogP contribution in [-0.4, -0.2) is 52.6 Å². The summed E-state index contributed by atoms with van der Waals surface area (Å²) in [4.78, 5) is 3.98. The Morgan fingerprint density at radius 3 is 2.83 bits per heavy atom. The average Bonchev–Trinajstić information content (AvgIpc) is 2.89. The SMILES string of the molecule is Cc1cc(CN2CC=CN2CCCO)cc(OCC(F)(F)F)n1. The summed E-state index contributed by atoms with van der Waals surface area (Å²) in [5.41, 5.74) is 1.43. The molecule has 0 fully saturated rings. The molecule has 0 radical (unpaired) electrons. The number of nitrogens with zero attached hydrogens (tertiary/aromatic N) is 3. The van der Waals surface area contributed by atoms with Gasteiger partial charge in [0, 0.05) is 44.2 Å². The molecule has 1 aromatic heterocycles. The molecule has 1 aliphatic heterocycles.